The second kappa shape index (κ2) is 6.83. The fraction of sp³-hybridized carbons (Fsp3) is 0.562. The van der Waals surface area contributed by atoms with Crippen LogP contribution >= 0.6 is 0 Å². The van der Waals surface area contributed by atoms with Crippen molar-refractivity contribution in [2.75, 3.05) is 0 Å². The summed E-state index contributed by atoms with van der Waals surface area (Å²) in [5, 5.41) is 20.2. The minimum atomic E-state index is -0.735. The van der Waals surface area contributed by atoms with Gasteiger partial charge in [0, 0.05) is 6.42 Å². The van der Waals surface area contributed by atoms with E-state index in [2.05, 4.69) is 0 Å². The van der Waals surface area contributed by atoms with Crippen LogP contribution in [-0.2, 0) is 11.2 Å². The predicted octanol–water partition coefficient (Wildman–Crippen LogP) is 2.10. The highest BCUT2D eigenvalue weighted by molar-refractivity contribution is 5.82. The van der Waals surface area contributed by atoms with Gasteiger partial charge in [-0.15, -0.1) is 0 Å². The van der Waals surface area contributed by atoms with Gasteiger partial charge in [-0.25, -0.2) is 0 Å². The molecule has 0 radical (unpaired) electrons. The van der Waals surface area contributed by atoms with Gasteiger partial charge in [0.15, 0.2) is 0 Å². The molecule has 104 valence electrons. The predicted molar refractivity (Wildman–Crippen MR) is 73.7 cm³/mol. The number of aryl methyl sites for hydroxylation is 1. The van der Waals surface area contributed by atoms with E-state index in [9.17, 15) is 15.0 Å². The molecule has 1 saturated carbocycles. The zero-order valence-electron chi connectivity index (χ0n) is 11.2. The van der Waals surface area contributed by atoms with E-state index < -0.39 is 18.1 Å². The largest absolute Gasteiger partial charge is 0.392 e. The third-order valence-electron chi connectivity index (χ3n) is 3.95. The number of carbonyl (C=O) groups excluding carboxylic acids is 1. The molecular formula is C16H22O3. The Bertz CT molecular complexity index is 402. The normalized spacial score (nSPS) is 25.9. The van der Waals surface area contributed by atoms with E-state index in [4.69, 9.17) is 0 Å². The summed E-state index contributed by atoms with van der Waals surface area (Å²) in [5.41, 5.74) is 1.15. The summed E-state index contributed by atoms with van der Waals surface area (Å²) >= 11 is 0. The van der Waals surface area contributed by atoms with Crippen molar-refractivity contribution in [2.45, 2.75) is 50.7 Å². The molecule has 3 atom stereocenters. The summed E-state index contributed by atoms with van der Waals surface area (Å²) in [7, 11) is 0. The van der Waals surface area contributed by atoms with Crippen molar-refractivity contribution in [3.05, 3.63) is 35.9 Å². The van der Waals surface area contributed by atoms with Gasteiger partial charge in [0.1, 0.15) is 5.78 Å². The van der Waals surface area contributed by atoms with Crippen LogP contribution < -0.4 is 0 Å². The highest BCUT2D eigenvalue weighted by Crippen LogP contribution is 2.25. The Morgan fingerprint density at radius 3 is 2.68 bits per heavy atom. The van der Waals surface area contributed by atoms with Crippen molar-refractivity contribution in [1.29, 1.82) is 0 Å². The Labute approximate surface area is 114 Å². The molecular weight excluding hydrogens is 240 g/mol. The van der Waals surface area contributed by atoms with Crippen LogP contribution in [0.3, 0.4) is 0 Å². The molecule has 19 heavy (non-hydrogen) atoms. The quantitative estimate of drug-likeness (QED) is 0.817. The highest BCUT2D eigenvalue weighted by atomic mass is 16.3. The van der Waals surface area contributed by atoms with E-state index in [0.717, 1.165) is 24.8 Å². The van der Waals surface area contributed by atoms with Gasteiger partial charge < -0.3 is 10.2 Å². The van der Waals surface area contributed by atoms with Gasteiger partial charge in [0.2, 0.25) is 0 Å². The molecule has 2 N–H and O–H groups in total. The number of aliphatic hydroxyl groups excluding tert-OH is 2. The van der Waals surface area contributed by atoms with Crippen molar-refractivity contribution in [3.63, 3.8) is 0 Å². The molecule has 0 unspecified atom stereocenters. The van der Waals surface area contributed by atoms with Gasteiger partial charge in [-0.3, -0.25) is 4.79 Å². The van der Waals surface area contributed by atoms with Crippen LogP contribution in [-0.4, -0.2) is 28.2 Å². The van der Waals surface area contributed by atoms with Gasteiger partial charge in [-0.05, 0) is 31.2 Å². The number of benzene rings is 1. The van der Waals surface area contributed by atoms with E-state index >= 15 is 0 Å². The molecule has 0 aliphatic heterocycles. The zero-order valence-corrected chi connectivity index (χ0v) is 11.2. The summed E-state index contributed by atoms with van der Waals surface area (Å²) in [4.78, 5) is 12.0. The van der Waals surface area contributed by atoms with Crippen LogP contribution in [0.1, 0.15) is 37.7 Å². The fourth-order valence-electron chi connectivity index (χ4n) is 2.82. The molecule has 1 aliphatic rings. The summed E-state index contributed by atoms with van der Waals surface area (Å²) in [6.45, 7) is 0. The lowest BCUT2D eigenvalue weighted by Gasteiger charge is -2.24. The second-order valence-corrected chi connectivity index (χ2v) is 5.40. The van der Waals surface area contributed by atoms with E-state index in [1.54, 1.807) is 0 Å². The Morgan fingerprint density at radius 2 is 1.95 bits per heavy atom. The number of Topliss-reactive ketones (excluding diaryl/α,β-unsaturated/α-hetero) is 1. The van der Waals surface area contributed by atoms with E-state index in [0.29, 0.717) is 19.3 Å². The van der Waals surface area contributed by atoms with Crippen LogP contribution in [0.4, 0.5) is 0 Å². The lowest BCUT2D eigenvalue weighted by atomic mass is 9.87. The van der Waals surface area contributed by atoms with Crippen molar-refractivity contribution in [2.24, 2.45) is 5.92 Å². The number of rotatable bonds is 4. The second-order valence-electron chi connectivity index (χ2n) is 5.40. The standard InChI is InChI=1S/C16H22O3/c17-13-8-4-5-9-14(18)16(13)15(19)11-10-12-6-2-1-3-7-12/h1-3,6-7,13,15-17,19H,4-5,8-11H2/t13-,15-,16+/m0/s1. The number of ketones is 1. The monoisotopic (exact) mass is 262 g/mol. The molecule has 0 heterocycles. The average Bonchev–Trinajstić information content (AvgIpc) is 2.58. The molecule has 1 aromatic rings. The van der Waals surface area contributed by atoms with E-state index in [-0.39, 0.29) is 5.78 Å². The number of hydrogen-bond acceptors (Lipinski definition) is 3. The van der Waals surface area contributed by atoms with E-state index in [1.165, 1.54) is 0 Å². The van der Waals surface area contributed by atoms with Crippen LogP contribution in [0.25, 0.3) is 0 Å². The third kappa shape index (κ3) is 3.88. The first kappa shape index (κ1) is 14.2. The van der Waals surface area contributed by atoms with Crippen molar-refractivity contribution < 1.29 is 15.0 Å². The van der Waals surface area contributed by atoms with Crippen molar-refractivity contribution >= 4 is 5.78 Å². The Balaban J connectivity index is 1.94. The zero-order chi connectivity index (χ0) is 13.7. The molecule has 0 saturated heterocycles. The van der Waals surface area contributed by atoms with Crippen LogP contribution in [0.2, 0.25) is 0 Å². The molecule has 0 amide bonds. The van der Waals surface area contributed by atoms with Gasteiger partial charge >= 0.3 is 0 Å². The molecule has 1 aliphatic carbocycles. The first-order valence-electron chi connectivity index (χ1n) is 7.11. The number of carbonyl (C=O) groups is 1. The fourth-order valence-corrected chi connectivity index (χ4v) is 2.82. The minimum absolute atomic E-state index is 0.0190. The SMILES string of the molecule is O=C1CCCC[C@H](O)[C@H]1[C@@H](O)CCc1ccccc1. The maximum atomic E-state index is 12.0. The maximum Gasteiger partial charge on any atom is 0.141 e. The molecule has 2 rings (SSSR count). The molecule has 0 bridgehead atoms. The average molecular weight is 262 g/mol. The maximum absolute atomic E-state index is 12.0. The summed E-state index contributed by atoms with van der Waals surface area (Å²) < 4.78 is 0. The van der Waals surface area contributed by atoms with Gasteiger partial charge in [-0.1, -0.05) is 36.8 Å². The lowest BCUT2D eigenvalue weighted by molar-refractivity contribution is -0.131. The molecule has 1 aromatic carbocycles. The Morgan fingerprint density at radius 1 is 1.21 bits per heavy atom. The summed E-state index contributed by atoms with van der Waals surface area (Å²) in [6, 6.07) is 9.91. The third-order valence-corrected chi connectivity index (χ3v) is 3.95. The molecule has 3 heteroatoms. The Kier molecular flexibility index (Phi) is 5.11. The Hall–Kier alpha value is -1.19. The van der Waals surface area contributed by atoms with Crippen molar-refractivity contribution in [3.8, 4) is 0 Å². The van der Waals surface area contributed by atoms with Crippen LogP contribution in [0, 0.1) is 5.92 Å². The number of aliphatic hydroxyl groups is 2. The first-order valence-corrected chi connectivity index (χ1v) is 7.11. The van der Waals surface area contributed by atoms with Gasteiger partial charge in [0.05, 0.1) is 18.1 Å². The first-order chi connectivity index (χ1) is 9.18. The highest BCUT2D eigenvalue weighted by Gasteiger charge is 2.34. The molecule has 1 fully saturated rings. The van der Waals surface area contributed by atoms with Crippen molar-refractivity contribution in [1.82, 2.24) is 0 Å². The molecule has 0 aromatic heterocycles. The van der Waals surface area contributed by atoms with Crippen LogP contribution in [0.5, 0.6) is 0 Å². The smallest absolute Gasteiger partial charge is 0.141 e. The summed E-state index contributed by atoms with van der Waals surface area (Å²) in [6.07, 6.45) is 2.66. The minimum Gasteiger partial charge on any atom is -0.392 e. The van der Waals surface area contributed by atoms with Gasteiger partial charge in [0.25, 0.3) is 0 Å². The summed E-state index contributed by atoms with van der Waals surface area (Å²) in [5.74, 6) is -0.572. The van der Waals surface area contributed by atoms with Crippen LogP contribution in [0.15, 0.2) is 30.3 Å². The van der Waals surface area contributed by atoms with Gasteiger partial charge in [-0.2, -0.15) is 0 Å². The lowest BCUT2D eigenvalue weighted by Crippen LogP contribution is -2.37. The number of hydrogen-bond donors (Lipinski definition) is 2. The van der Waals surface area contributed by atoms with E-state index in [1.807, 2.05) is 30.3 Å². The molecule has 0 spiro atoms. The molecule has 3 nitrogen and oxygen atoms in total. The topological polar surface area (TPSA) is 57.5 Å².